The molecule has 0 heterocycles. The lowest BCUT2D eigenvalue weighted by molar-refractivity contribution is -0.178. The van der Waals surface area contributed by atoms with Gasteiger partial charge in [0.2, 0.25) is 11.8 Å². The first-order valence-electron chi connectivity index (χ1n) is 10.2. The lowest BCUT2D eigenvalue weighted by atomic mass is 10.4. The summed E-state index contributed by atoms with van der Waals surface area (Å²) in [4.78, 5) is 52.2. The molecule has 0 aromatic carbocycles. The van der Waals surface area contributed by atoms with Crippen molar-refractivity contribution in [2.75, 3.05) is 77.9 Å². The number of nitrogens with one attached hydrogen (secondary N) is 1. The Labute approximate surface area is 216 Å². The third-order valence-electron chi connectivity index (χ3n) is 3.13. The highest BCUT2D eigenvalue weighted by Gasteiger charge is 2.12. The van der Waals surface area contributed by atoms with Crippen molar-refractivity contribution in [1.29, 1.82) is 0 Å². The van der Waals surface area contributed by atoms with Gasteiger partial charge in [-0.05, 0) is 13.8 Å². The van der Waals surface area contributed by atoms with Crippen LogP contribution in [0.5, 0.6) is 0 Å². The molecule has 0 spiro atoms. The molecule has 0 aliphatic heterocycles. The molecule has 14 nitrogen and oxygen atoms in total. The zero-order chi connectivity index (χ0) is 30.5. The first kappa shape index (κ1) is 46.2. The first-order valence-corrected chi connectivity index (χ1v) is 10.2. The Kier molecular flexibility index (Phi) is 40.9. The van der Waals surface area contributed by atoms with Crippen LogP contribution in [-0.4, -0.2) is 124 Å². The van der Waals surface area contributed by atoms with Crippen LogP contribution in [0, 0.1) is 0 Å². The van der Waals surface area contributed by atoms with Gasteiger partial charge in [-0.3, -0.25) is 14.4 Å². The largest absolute Gasteiger partial charge is 0.507 e. The van der Waals surface area contributed by atoms with Gasteiger partial charge in [-0.2, -0.15) is 0 Å². The Morgan fingerprint density at radius 3 is 0.917 bits per heavy atom. The van der Waals surface area contributed by atoms with Crippen molar-refractivity contribution < 1.29 is 52.4 Å². The molecule has 0 aliphatic carbocycles. The molecule has 0 rings (SSSR count). The smallest absolute Gasteiger partial charge is 0.469 e. The van der Waals surface area contributed by atoms with Crippen molar-refractivity contribution in [3.8, 4) is 0 Å². The van der Waals surface area contributed by atoms with Gasteiger partial charge in [0.05, 0.1) is 28.4 Å². The third-order valence-corrected chi connectivity index (χ3v) is 3.13. The summed E-state index contributed by atoms with van der Waals surface area (Å²) in [5.74, 6) is -0.565. The fraction of sp³-hybridized carbons (Fsp3) is 0.773. The Hall–Kier alpha value is -3.13. The van der Waals surface area contributed by atoms with E-state index >= 15 is 0 Å². The highest BCUT2D eigenvalue weighted by molar-refractivity contribution is 5.72. The van der Waals surface area contributed by atoms with E-state index in [4.69, 9.17) is 9.47 Å². The number of carbonyl (C=O) groups excluding carboxylic acids is 5. The van der Waals surface area contributed by atoms with Crippen molar-refractivity contribution in [3.05, 3.63) is 0 Å². The molecule has 14 heteroatoms. The lowest BCUT2D eigenvalue weighted by Crippen LogP contribution is -2.24. The van der Waals surface area contributed by atoms with Crippen LogP contribution in [0.25, 0.3) is 0 Å². The standard InChI is InChI=1S/C5H12O2.C4H9NO2.C4H9NO.C3H7NO.C3H6O3.C3H6O2/c1-5(2,6-3)7-4;1-5(2)4(6)7-3;1-4(6)5(2)3;1-3(5)4-2;1-5-3(4)6-2;1-3(4)5-2/h1-4H3;1-3H3;1-3H3;1-2H3,(H,4,5);1-2H3;1-2H3. The van der Waals surface area contributed by atoms with Gasteiger partial charge in [0.15, 0.2) is 5.79 Å². The minimum absolute atomic E-state index is 0.00463. The van der Waals surface area contributed by atoms with Crippen molar-refractivity contribution >= 4 is 30.0 Å². The summed E-state index contributed by atoms with van der Waals surface area (Å²) in [7, 11) is 16.8. The molecule has 0 saturated heterocycles. The average Bonchev–Trinajstić information content (AvgIpc) is 2.84. The number of carbonyl (C=O) groups is 5. The number of rotatable bonds is 2. The number of hydrogen-bond acceptors (Lipinski definition) is 11. The van der Waals surface area contributed by atoms with E-state index in [2.05, 4.69) is 24.3 Å². The Morgan fingerprint density at radius 2 is 0.917 bits per heavy atom. The van der Waals surface area contributed by atoms with Gasteiger partial charge in [-0.25, -0.2) is 9.59 Å². The molecule has 0 unspecified atom stereocenters. The van der Waals surface area contributed by atoms with Crippen LogP contribution in [0.2, 0.25) is 0 Å². The van der Waals surface area contributed by atoms with Crippen LogP contribution < -0.4 is 5.32 Å². The SMILES string of the molecule is CC(=O)N(C)C.CNC(C)=O.COC(=O)N(C)C.COC(=O)OC.COC(C)(C)OC.COC(C)=O. The molecule has 218 valence electrons. The summed E-state index contributed by atoms with van der Waals surface area (Å²) in [6.45, 7) is 8.07. The van der Waals surface area contributed by atoms with Crippen LogP contribution in [0.15, 0.2) is 0 Å². The fourth-order valence-corrected chi connectivity index (χ4v) is 0.349. The normalized spacial score (nSPS) is 8.22. The van der Waals surface area contributed by atoms with Crippen molar-refractivity contribution in [3.63, 3.8) is 0 Å². The van der Waals surface area contributed by atoms with E-state index in [1.54, 1.807) is 49.5 Å². The van der Waals surface area contributed by atoms with Crippen molar-refractivity contribution in [1.82, 2.24) is 15.1 Å². The van der Waals surface area contributed by atoms with Gasteiger partial charge in [0.1, 0.15) is 0 Å². The maximum absolute atomic E-state index is 10.2. The maximum Gasteiger partial charge on any atom is 0.507 e. The highest BCUT2D eigenvalue weighted by atomic mass is 16.7. The average molecular weight is 532 g/mol. The summed E-state index contributed by atoms with van der Waals surface area (Å²) >= 11 is 0. The van der Waals surface area contributed by atoms with E-state index in [0.29, 0.717) is 0 Å². The van der Waals surface area contributed by atoms with Crippen LogP contribution >= 0.6 is 0 Å². The molecular weight excluding hydrogens is 482 g/mol. The molecular formula is C22H49N3O11. The molecule has 0 aromatic heterocycles. The van der Waals surface area contributed by atoms with Crippen LogP contribution in [-0.2, 0) is 42.8 Å². The van der Waals surface area contributed by atoms with Gasteiger partial charge >= 0.3 is 18.2 Å². The first-order chi connectivity index (χ1) is 16.3. The minimum atomic E-state index is -0.657. The molecule has 0 atom stereocenters. The Balaban J connectivity index is -0.0000000754. The van der Waals surface area contributed by atoms with Crippen molar-refractivity contribution in [2.45, 2.75) is 40.4 Å². The van der Waals surface area contributed by atoms with Gasteiger partial charge in [-0.1, -0.05) is 0 Å². The summed E-state index contributed by atoms with van der Waals surface area (Å²) in [5.41, 5.74) is 0. The second-order valence-corrected chi connectivity index (χ2v) is 6.75. The Bertz CT molecular complexity index is 539. The van der Waals surface area contributed by atoms with Crippen LogP contribution in [0.1, 0.15) is 34.6 Å². The van der Waals surface area contributed by atoms with Crippen LogP contribution in [0.4, 0.5) is 9.59 Å². The van der Waals surface area contributed by atoms with E-state index in [-0.39, 0.29) is 23.9 Å². The quantitative estimate of drug-likeness (QED) is 0.314. The van der Waals surface area contributed by atoms with E-state index in [1.165, 1.54) is 59.0 Å². The minimum Gasteiger partial charge on any atom is -0.469 e. The molecule has 36 heavy (non-hydrogen) atoms. The Morgan fingerprint density at radius 1 is 0.639 bits per heavy atom. The maximum atomic E-state index is 10.2. The van der Waals surface area contributed by atoms with E-state index < -0.39 is 11.9 Å². The number of amides is 3. The summed E-state index contributed by atoms with van der Waals surface area (Å²) in [5, 5.41) is 2.39. The predicted octanol–water partition coefficient (Wildman–Crippen LogP) is 1.76. The monoisotopic (exact) mass is 531 g/mol. The van der Waals surface area contributed by atoms with Gasteiger partial charge in [0, 0.05) is 70.2 Å². The third kappa shape index (κ3) is 63.2. The molecule has 0 aliphatic rings. The zero-order valence-corrected chi connectivity index (χ0v) is 24.9. The van der Waals surface area contributed by atoms with Gasteiger partial charge in [0.25, 0.3) is 0 Å². The highest BCUT2D eigenvalue weighted by Crippen LogP contribution is 2.05. The topological polar surface area (TPSA) is 159 Å². The number of nitrogens with zero attached hydrogens (tertiary/aromatic N) is 2. The molecule has 3 amide bonds. The molecule has 0 saturated carbocycles. The van der Waals surface area contributed by atoms with E-state index in [9.17, 15) is 24.0 Å². The number of esters is 1. The number of hydrogen-bond donors (Lipinski definition) is 1. The number of ether oxygens (including phenoxy) is 6. The molecule has 0 radical (unpaired) electrons. The number of methoxy groups -OCH3 is 6. The van der Waals surface area contributed by atoms with Crippen LogP contribution in [0.3, 0.4) is 0 Å². The summed E-state index contributed by atoms with van der Waals surface area (Å²) < 4.78 is 26.2. The van der Waals surface area contributed by atoms with E-state index in [1.807, 2.05) is 13.8 Å². The zero-order valence-electron chi connectivity index (χ0n) is 24.9. The second kappa shape index (κ2) is 31.9. The summed E-state index contributed by atoms with van der Waals surface area (Å²) in [6.07, 6.45) is -0.977. The lowest BCUT2D eigenvalue weighted by Gasteiger charge is -2.19. The van der Waals surface area contributed by atoms with Gasteiger partial charge in [-0.15, -0.1) is 0 Å². The second-order valence-electron chi connectivity index (χ2n) is 6.75. The van der Waals surface area contributed by atoms with Gasteiger partial charge < -0.3 is 43.5 Å². The molecule has 0 fully saturated rings. The predicted molar refractivity (Wildman–Crippen MR) is 135 cm³/mol. The molecule has 0 bridgehead atoms. The molecule has 0 aromatic rings. The fourth-order valence-electron chi connectivity index (χ4n) is 0.349. The summed E-state index contributed by atoms with van der Waals surface area (Å²) in [6, 6.07) is 0. The molecule has 1 N–H and O–H groups in total. The van der Waals surface area contributed by atoms with E-state index in [0.717, 1.165) is 0 Å². The van der Waals surface area contributed by atoms with Crippen molar-refractivity contribution in [2.24, 2.45) is 0 Å².